The number of carbonyl (C=O) groups is 4. The maximum atomic E-state index is 14.1. The Balaban J connectivity index is 1.93. The summed E-state index contributed by atoms with van der Waals surface area (Å²) in [5.74, 6) is -6.55. The van der Waals surface area contributed by atoms with E-state index in [1.54, 1.807) is 53.9 Å². The first-order valence-corrected chi connectivity index (χ1v) is 13.2. The number of benzene rings is 1. The molecule has 0 bridgehead atoms. The highest BCUT2D eigenvalue weighted by Gasteiger charge is 2.64. The number of carbonyl (C=O) groups excluding carboxylic acids is 4. The molecule has 1 amide bonds. The van der Waals surface area contributed by atoms with Crippen LogP contribution in [0, 0.1) is 11.8 Å². The number of rotatable bonds is 4. The molecule has 1 saturated carbocycles. The van der Waals surface area contributed by atoms with E-state index < -0.39 is 75.4 Å². The molecular formula is C29H37N3O9. The quantitative estimate of drug-likeness (QED) is 0.265. The molecule has 0 saturated heterocycles. The number of hydrogen-bond donors (Lipinski definition) is 5. The monoisotopic (exact) mass is 571 g/mol. The minimum absolute atomic E-state index is 0.0104. The van der Waals surface area contributed by atoms with Crippen LogP contribution in [0.2, 0.25) is 0 Å². The van der Waals surface area contributed by atoms with Crippen LogP contribution in [0.5, 0.6) is 5.75 Å². The van der Waals surface area contributed by atoms with E-state index in [1.807, 2.05) is 0 Å². The van der Waals surface area contributed by atoms with E-state index in [9.17, 15) is 39.6 Å². The standard InChI is InChI=1S/C29H37N3O9/c1-12(33)18-24(36)21(32(7)8)15-10-13-9-14-17(31(5)6)11-16(30-27(39)41-28(2,3)4)22(34)20(14)23(35)19(13)26(38)29(15,40)25(18)37/h11,13,15,21,34-35,37,40H,9-10H2,1-8H3,(H,30,39). The highest BCUT2D eigenvalue weighted by Crippen LogP contribution is 2.54. The van der Waals surface area contributed by atoms with E-state index in [-0.39, 0.29) is 29.7 Å². The molecule has 41 heavy (non-hydrogen) atoms. The lowest BCUT2D eigenvalue weighted by atomic mass is 9.57. The Kier molecular flexibility index (Phi) is 7.24. The number of nitrogens with one attached hydrogen (secondary N) is 1. The number of phenolic OH excluding ortho intramolecular Hbond substituents is 1. The zero-order valence-electron chi connectivity index (χ0n) is 24.4. The van der Waals surface area contributed by atoms with Gasteiger partial charge in [-0.15, -0.1) is 0 Å². The molecule has 0 radical (unpaired) electrons. The van der Waals surface area contributed by atoms with Gasteiger partial charge in [0.15, 0.2) is 22.9 Å². The number of likely N-dealkylation sites (N-methyl/N-ethyl adjacent to an activating group) is 1. The van der Waals surface area contributed by atoms with Crippen molar-refractivity contribution in [3.63, 3.8) is 0 Å². The van der Waals surface area contributed by atoms with Crippen LogP contribution in [0.25, 0.3) is 5.76 Å². The highest BCUT2D eigenvalue weighted by molar-refractivity contribution is 6.25. The molecule has 12 nitrogen and oxygen atoms in total. The first kappa shape index (κ1) is 30.1. The van der Waals surface area contributed by atoms with Gasteiger partial charge in [0.1, 0.15) is 22.7 Å². The first-order chi connectivity index (χ1) is 18.8. The van der Waals surface area contributed by atoms with E-state index >= 15 is 0 Å². The van der Waals surface area contributed by atoms with Gasteiger partial charge in [0.2, 0.25) is 5.78 Å². The molecule has 1 fully saturated rings. The molecule has 0 aliphatic heterocycles. The summed E-state index contributed by atoms with van der Waals surface area (Å²) >= 11 is 0. The Morgan fingerprint density at radius 1 is 1.10 bits per heavy atom. The number of Topliss-reactive ketones (excluding diaryl/α,β-unsaturated/α-hetero) is 3. The number of phenols is 1. The summed E-state index contributed by atoms with van der Waals surface area (Å²) in [5.41, 5.74) is -3.56. The third kappa shape index (κ3) is 4.64. The maximum Gasteiger partial charge on any atom is 0.412 e. The van der Waals surface area contributed by atoms with Crippen molar-refractivity contribution in [2.75, 3.05) is 38.4 Å². The van der Waals surface area contributed by atoms with E-state index in [2.05, 4.69) is 5.32 Å². The van der Waals surface area contributed by atoms with Gasteiger partial charge in [-0.2, -0.15) is 0 Å². The maximum absolute atomic E-state index is 14.1. The van der Waals surface area contributed by atoms with Crippen molar-refractivity contribution in [3.8, 4) is 5.75 Å². The number of ketones is 3. The van der Waals surface area contributed by atoms with Gasteiger partial charge in [-0.25, -0.2) is 4.79 Å². The number of ether oxygens (including phenoxy) is 1. The predicted octanol–water partition coefficient (Wildman–Crippen LogP) is 2.48. The Morgan fingerprint density at radius 2 is 1.71 bits per heavy atom. The number of nitrogens with zero attached hydrogens (tertiary/aromatic N) is 2. The van der Waals surface area contributed by atoms with Gasteiger partial charge in [0.05, 0.1) is 17.3 Å². The van der Waals surface area contributed by atoms with Gasteiger partial charge < -0.3 is 30.1 Å². The second-order valence-corrected chi connectivity index (χ2v) is 12.3. The zero-order chi connectivity index (χ0) is 30.9. The lowest BCUT2D eigenvalue weighted by Gasteiger charge is -2.50. The van der Waals surface area contributed by atoms with E-state index in [4.69, 9.17) is 4.74 Å². The minimum atomic E-state index is -2.66. The van der Waals surface area contributed by atoms with Crippen LogP contribution in [0.3, 0.4) is 0 Å². The molecule has 4 rings (SSSR count). The fourth-order valence-electron chi connectivity index (χ4n) is 6.30. The topological polar surface area (TPSA) is 177 Å². The lowest BCUT2D eigenvalue weighted by Crippen LogP contribution is -2.65. The average molecular weight is 572 g/mol. The Morgan fingerprint density at radius 3 is 2.22 bits per heavy atom. The molecule has 0 spiro atoms. The summed E-state index contributed by atoms with van der Waals surface area (Å²) in [6.45, 7) is 6.08. The predicted molar refractivity (Wildman–Crippen MR) is 150 cm³/mol. The van der Waals surface area contributed by atoms with Gasteiger partial charge in [0.25, 0.3) is 0 Å². The molecule has 222 valence electrons. The molecule has 4 unspecified atom stereocenters. The minimum Gasteiger partial charge on any atom is -0.508 e. The number of anilines is 2. The summed E-state index contributed by atoms with van der Waals surface area (Å²) in [7, 11) is 6.62. The Labute approximate surface area is 237 Å². The molecule has 0 aromatic heterocycles. The fraction of sp³-hybridized carbons (Fsp3) is 0.517. The van der Waals surface area contributed by atoms with E-state index in [1.165, 1.54) is 11.0 Å². The summed E-state index contributed by atoms with van der Waals surface area (Å²) in [6.07, 6.45) is -0.701. The Bertz CT molecular complexity index is 1430. The SMILES string of the molecule is CC(=O)C1=C(O)C2(O)C(=O)C3=C(O)c4c(O)c(NC(=O)OC(C)(C)C)cc(N(C)C)c4CC3CC2C(N(C)C)C1=O. The van der Waals surface area contributed by atoms with Crippen molar-refractivity contribution >= 4 is 40.6 Å². The van der Waals surface area contributed by atoms with Gasteiger partial charge in [-0.05, 0) is 72.2 Å². The molecule has 3 aliphatic rings. The highest BCUT2D eigenvalue weighted by atomic mass is 16.6. The number of aromatic hydroxyl groups is 1. The fourth-order valence-corrected chi connectivity index (χ4v) is 6.30. The van der Waals surface area contributed by atoms with Crippen LogP contribution >= 0.6 is 0 Å². The second kappa shape index (κ2) is 9.88. The number of fused-ring (bicyclic) bond motifs is 3. The summed E-state index contributed by atoms with van der Waals surface area (Å²) in [4.78, 5) is 55.4. The Hall–Kier alpha value is -3.90. The molecule has 5 N–H and O–H groups in total. The van der Waals surface area contributed by atoms with Crippen molar-refractivity contribution in [2.24, 2.45) is 11.8 Å². The van der Waals surface area contributed by atoms with Crippen LogP contribution in [0.15, 0.2) is 23.0 Å². The smallest absolute Gasteiger partial charge is 0.412 e. The lowest BCUT2D eigenvalue weighted by molar-refractivity contribution is -0.153. The van der Waals surface area contributed by atoms with Crippen LogP contribution in [0.1, 0.15) is 45.2 Å². The largest absolute Gasteiger partial charge is 0.508 e. The third-order valence-corrected chi connectivity index (χ3v) is 7.92. The summed E-state index contributed by atoms with van der Waals surface area (Å²) in [6, 6.07) is 0.434. The molecule has 1 aromatic rings. The molecule has 4 atom stereocenters. The summed E-state index contributed by atoms with van der Waals surface area (Å²) in [5, 5.41) is 48.1. The number of aliphatic hydroxyl groups is 3. The summed E-state index contributed by atoms with van der Waals surface area (Å²) < 4.78 is 5.29. The molecule has 0 heterocycles. The second-order valence-electron chi connectivity index (χ2n) is 12.3. The van der Waals surface area contributed by atoms with Crippen molar-refractivity contribution in [2.45, 2.75) is 57.8 Å². The van der Waals surface area contributed by atoms with Crippen molar-refractivity contribution in [3.05, 3.63) is 34.1 Å². The molecular weight excluding hydrogens is 534 g/mol. The first-order valence-electron chi connectivity index (χ1n) is 13.2. The average Bonchev–Trinajstić information content (AvgIpc) is 2.81. The number of aliphatic hydroxyl groups excluding tert-OH is 2. The van der Waals surface area contributed by atoms with Crippen molar-refractivity contribution < 1.29 is 44.3 Å². The van der Waals surface area contributed by atoms with E-state index in [0.29, 0.717) is 11.3 Å². The van der Waals surface area contributed by atoms with Crippen LogP contribution < -0.4 is 10.2 Å². The number of amides is 1. The third-order valence-electron chi connectivity index (χ3n) is 7.92. The van der Waals surface area contributed by atoms with Gasteiger partial charge in [0, 0.05) is 31.3 Å². The molecule has 1 aromatic carbocycles. The van der Waals surface area contributed by atoms with Crippen molar-refractivity contribution in [1.29, 1.82) is 0 Å². The molecule has 3 aliphatic carbocycles. The van der Waals surface area contributed by atoms with E-state index in [0.717, 1.165) is 6.92 Å². The van der Waals surface area contributed by atoms with Crippen LogP contribution in [0.4, 0.5) is 16.2 Å². The molecule has 12 heteroatoms. The van der Waals surface area contributed by atoms with Crippen LogP contribution in [-0.4, -0.2) is 94.2 Å². The zero-order valence-corrected chi connectivity index (χ0v) is 24.4. The van der Waals surface area contributed by atoms with Crippen LogP contribution in [-0.2, 0) is 25.5 Å². The van der Waals surface area contributed by atoms with Gasteiger partial charge >= 0.3 is 6.09 Å². The van der Waals surface area contributed by atoms with Gasteiger partial charge in [-0.1, -0.05) is 0 Å². The van der Waals surface area contributed by atoms with Gasteiger partial charge in [-0.3, -0.25) is 24.6 Å². The normalized spacial score (nSPS) is 26.0. The van der Waals surface area contributed by atoms with Crippen molar-refractivity contribution in [1.82, 2.24) is 4.90 Å². The number of hydrogen-bond acceptors (Lipinski definition) is 11.